The highest BCUT2D eigenvalue weighted by Crippen LogP contribution is 2.31. The predicted molar refractivity (Wildman–Crippen MR) is 134 cm³/mol. The highest BCUT2D eigenvalue weighted by atomic mass is 16.5. The molecule has 0 saturated carbocycles. The van der Waals surface area contributed by atoms with Crippen molar-refractivity contribution in [3.8, 4) is 0 Å². The average Bonchev–Trinajstić information content (AvgIpc) is 2.86. The zero-order chi connectivity index (χ0) is 24.4. The largest absolute Gasteiger partial charge is 0.463 e. The molecule has 1 aliphatic rings. The summed E-state index contributed by atoms with van der Waals surface area (Å²) in [5.41, 5.74) is 11.2. The number of nitrogens with one attached hydrogen (secondary N) is 2. The van der Waals surface area contributed by atoms with Gasteiger partial charge in [-0.1, -0.05) is 39.3 Å². The van der Waals surface area contributed by atoms with Gasteiger partial charge >= 0.3 is 0 Å². The van der Waals surface area contributed by atoms with Gasteiger partial charge in [0.1, 0.15) is 17.9 Å². The molecule has 7 heteroatoms. The molecule has 0 radical (unpaired) electrons. The number of nitrogens with two attached hydrogens (primary N) is 1. The highest BCUT2D eigenvalue weighted by Gasteiger charge is 2.29. The Morgan fingerprint density at radius 3 is 2.56 bits per heavy atom. The maximum Gasteiger partial charge on any atom is 0.251 e. The molecule has 1 heterocycles. The molecule has 1 rings (SSSR count). The molecule has 0 aliphatic carbocycles. The van der Waals surface area contributed by atoms with Gasteiger partial charge in [0.2, 0.25) is 0 Å². The predicted octanol–water partition coefficient (Wildman–Crippen LogP) is 5.03. The van der Waals surface area contributed by atoms with Crippen molar-refractivity contribution in [3.63, 3.8) is 0 Å². The summed E-state index contributed by atoms with van der Waals surface area (Å²) in [6, 6.07) is 0. The van der Waals surface area contributed by atoms with Crippen LogP contribution >= 0.6 is 0 Å². The van der Waals surface area contributed by atoms with Gasteiger partial charge in [-0.05, 0) is 57.6 Å². The Balaban J connectivity index is 3.45. The number of carbonyl (C=O) groups is 1. The molecule has 2 atom stereocenters. The molecule has 0 bridgehead atoms. The van der Waals surface area contributed by atoms with E-state index in [1.165, 1.54) is 0 Å². The minimum Gasteiger partial charge on any atom is -0.463 e. The Morgan fingerprint density at radius 2 is 2.03 bits per heavy atom. The summed E-state index contributed by atoms with van der Waals surface area (Å²) in [6.45, 7) is 16.2. The summed E-state index contributed by atoms with van der Waals surface area (Å²) in [7, 11) is 0. The number of amides is 1. The van der Waals surface area contributed by atoms with Crippen LogP contribution in [-0.4, -0.2) is 30.2 Å². The zero-order valence-electron chi connectivity index (χ0n) is 20.8. The molecule has 0 aromatic heterocycles. The molecule has 2 unspecified atom stereocenters. The first kappa shape index (κ1) is 27.1. The van der Waals surface area contributed by atoms with E-state index in [0.717, 1.165) is 41.6 Å². The number of allylic oxidation sites excluding steroid dienone is 4. The van der Waals surface area contributed by atoms with Gasteiger partial charge in [-0.25, -0.2) is 9.98 Å². The molecule has 0 saturated heterocycles. The number of carbonyl (C=O) groups excluding carboxylic acids is 1. The second kappa shape index (κ2) is 12.8. The van der Waals surface area contributed by atoms with E-state index in [1.807, 2.05) is 54.5 Å². The second-order valence-electron chi connectivity index (χ2n) is 8.08. The van der Waals surface area contributed by atoms with Crippen LogP contribution in [0.25, 0.3) is 0 Å². The van der Waals surface area contributed by atoms with Crippen LogP contribution in [0.1, 0.15) is 68.2 Å². The lowest BCUT2D eigenvalue weighted by Crippen LogP contribution is -2.35. The maximum absolute atomic E-state index is 13.2. The topological polar surface area (TPSA) is 113 Å². The third-order valence-corrected chi connectivity index (χ3v) is 6.08. The van der Waals surface area contributed by atoms with Gasteiger partial charge in [0.25, 0.3) is 5.91 Å². The lowest BCUT2D eigenvalue weighted by molar-refractivity contribution is -0.117. The first-order valence-electron chi connectivity index (χ1n) is 11.2. The molecule has 0 aromatic rings. The van der Waals surface area contributed by atoms with E-state index in [-0.39, 0.29) is 30.1 Å². The van der Waals surface area contributed by atoms with E-state index in [9.17, 15) is 4.79 Å². The van der Waals surface area contributed by atoms with Crippen molar-refractivity contribution in [3.05, 3.63) is 46.2 Å². The van der Waals surface area contributed by atoms with Crippen molar-refractivity contribution in [2.24, 2.45) is 27.6 Å². The number of ether oxygens (including phenoxy) is 1. The Morgan fingerprint density at radius 1 is 1.38 bits per heavy atom. The Labute approximate surface area is 192 Å². The van der Waals surface area contributed by atoms with Gasteiger partial charge < -0.3 is 15.8 Å². The van der Waals surface area contributed by atoms with Crippen LogP contribution in [-0.2, 0) is 9.53 Å². The van der Waals surface area contributed by atoms with Crippen LogP contribution in [0.5, 0.6) is 0 Å². The first-order chi connectivity index (χ1) is 15.1. The first-order valence-corrected chi connectivity index (χ1v) is 11.2. The molecule has 32 heavy (non-hydrogen) atoms. The molecule has 0 aromatic carbocycles. The number of aliphatic imine (C=N–C) groups is 2. The summed E-state index contributed by atoms with van der Waals surface area (Å²) in [6.07, 6.45) is 6.13. The smallest absolute Gasteiger partial charge is 0.251 e. The summed E-state index contributed by atoms with van der Waals surface area (Å²) in [5, 5.41) is 10.2. The van der Waals surface area contributed by atoms with Crippen LogP contribution in [0.3, 0.4) is 0 Å². The lowest BCUT2D eigenvalue weighted by atomic mass is 9.89. The molecule has 1 aliphatic heterocycles. The van der Waals surface area contributed by atoms with Crippen molar-refractivity contribution in [2.75, 3.05) is 6.54 Å². The van der Waals surface area contributed by atoms with Crippen molar-refractivity contribution in [1.29, 1.82) is 5.41 Å². The highest BCUT2D eigenvalue weighted by molar-refractivity contribution is 6.13. The van der Waals surface area contributed by atoms with Crippen molar-refractivity contribution in [2.45, 2.75) is 68.2 Å². The van der Waals surface area contributed by atoms with Crippen molar-refractivity contribution >= 4 is 23.7 Å². The van der Waals surface area contributed by atoms with Gasteiger partial charge in [-0.3, -0.25) is 10.2 Å². The van der Waals surface area contributed by atoms with E-state index < -0.39 is 0 Å². The standard InChI is InChI=1S/C25H39N5O2/c1-9-12-32-23(16(5)11-3)22-19(8)17(6)18(7)21(24(27)30-22)25(31)28-13-20(29-14-26)15(4)10-2/h9,12,14-15,18,26H,10-11,13,27H2,1-8H3,(H,28,31)/b12-9-,23-16-,26-14?,29-20?. The average molecular weight is 442 g/mol. The fourth-order valence-corrected chi connectivity index (χ4v) is 3.34. The molecule has 0 spiro atoms. The Bertz CT molecular complexity index is 903. The van der Waals surface area contributed by atoms with E-state index in [1.54, 1.807) is 6.26 Å². The third kappa shape index (κ3) is 6.52. The van der Waals surface area contributed by atoms with Gasteiger partial charge in [0.05, 0.1) is 18.4 Å². The normalized spacial score (nSPS) is 19.4. The van der Waals surface area contributed by atoms with Crippen molar-refractivity contribution in [1.82, 2.24) is 5.32 Å². The zero-order valence-corrected chi connectivity index (χ0v) is 20.8. The van der Waals surface area contributed by atoms with E-state index in [2.05, 4.69) is 22.2 Å². The minimum atomic E-state index is -0.278. The molecule has 0 fully saturated rings. The molecular formula is C25H39N5O2. The fraction of sp³-hybridized carbons (Fsp3) is 0.520. The molecule has 1 amide bonds. The number of nitrogens with zero attached hydrogens (tertiary/aromatic N) is 2. The van der Waals surface area contributed by atoms with Gasteiger partial charge in [-0.2, -0.15) is 0 Å². The summed E-state index contributed by atoms with van der Waals surface area (Å²) in [4.78, 5) is 22.0. The maximum atomic E-state index is 13.2. The van der Waals surface area contributed by atoms with Crippen LogP contribution in [0.4, 0.5) is 0 Å². The third-order valence-electron chi connectivity index (χ3n) is 6.08. The minimum absolute atomic E-state index is 0.164. The van der Waals surface area contributed by atoms with E-state index in [4.69, 9.17) is 15.9 Å². The second-order valence-corrected chi connectivity index (χ2v) is 8.08. The van der Waals surface area contributed by atoms with Gasteiger partial charge in [0.15, 0.2) is 5.76 Å². The van der Waals surface area contributed by atoms with E-state index in [0.29, 0.717) is 17.0 Å². The summed E-state index contributed by atoms with van der Waals surface area (Å²) in [5.74, 6) is 0.516. The summed E-state index contributed by atoms with van der Waals surface area (Å²) >= 11 is 0. The van der Waals surface area contributed by atoms with Crippen LogP contribution in [0, 0.1) is 17.2 Å². The molecule has 7 nitrogen and oxygen atoms in total. The molecule has 4 N–H and O–H groups in total. The molecular weight excluding hydrogens is 402 g/mol. The van der Waals surface area contributed by atoms with E-state index >= 15 is 0 Å². The number of hydrogen-bond acceptors (Lipinski definition) is 5. The van der Waals surface area contributed by atoms with Crippen LogP contribution in [0.15, 0.2) is 56.2 Å². The molecule has 176 valence electrons. The Hall–Kier alpha value is -2.96. The van der Waals surface area contributed by atoms with Crippen molar-refractivity contribution < 1.29 is 9.53 Å². The lowest BCUT2D eigenvalue weighted by Gasteiger charge is -2.19. The fourth-order valence-electron chi connectivity index (χ4n) is 3.34. The monoisotopic (exact) mass is 441 g/mol. The van der Waals surface area contributed by atoms with Crippen LogP contribution in [0.2, 0.25) is 0 Å². The quantitative estimate of drug-likeness (QED) is 0.251. The number of hydrogen-bond donors (Lipinski definition) is 3. The Kier molecular flexibility index (Phi) is 10.8. The number of rotatable bonds is 10. The SMILES string of the molecule is C/C=C\O/C(C1=NC(N)=C(C(=O)NCC(=NC=N)C(C)CC)C(C)C(C)=C1C)=C(/C)CC. The van der Waals surface area contributed by atoms with Crippen LogP contribution < -0.4 is 11.1 Å². The van der Waals surface area contributed by atoms with Gasteiger partial charge in [-0.15, -0.1) is 0 Å². The summed E-state index contributed by atoms with van der Waals surface area (Å²) < 4.78 is 5.90. The van der Waals surface area contributed by atoms with Gasteiger partial charge in [0, 0.05) is 11.6 Å².